The highest BCUT2D eigenvalue weighted by molar-refractivity contribution is 5.12. The van der Waals surface area contributed by atoms with Crippen LogP contribution >= 0.6 is 0 Å². The first kappa shape index (κ1) is 12.4. The quantitative estimate of drug-likeness (QED) is 0.856. The van der Waals surface area contributed by atoms with Crippen LogP contribution in [0.3, 0.4) is 0 Å². The van der Waals surface area contributed by atoms with Gasteiger partial charge in [-0.1, -0.05) is 26.2 Å². The van der Waals surface area contributed by atoms with Crippen LogP contribution in [0, 0.1) is 0 Å². The molecule has 1 aromatic heterocycles. The molecule has 0 unspecified atom stereocenters. The molecule has 0 bridgehead atoms. The molecule has 1 aliphatic rings. The summed E-state index contributed by atoms with van der Waals surface area (Å²) >= 11 is 0. The van der Waals surface area contributed by atoms with Gasteiger partial charge in [0, 0.05) is 6.54 Å². The molecule has 1 heterocycles. The Hall–Kier alpha value is -1.03. The van der Waals surface area contributed by atoms with E-state index in [1.54, 1.807) is 6.20 Å². The molecule has 4 nitrogen and oxygen atoms in total. The summed E-state index contributed by atoms with van der Waals surface area (Å²) in [5, 5.41) is 14.5. The summed E-state index contributed by atoms with van der Waals surface area (Å²) in [4.78, 5) is 0. The maximum absolute atomic E-state index is 10.3. The summed E-state index contributed by atoms with van der Waals surface area (Å²) in [5.74, 6) is 0.762. The van der Waals surface area contributed by atoms with Crippen LogP contribution in [0.2, 0.25) is 0 Å². The maximum Gasteiger partial charge on any atom is 0.157 e. The first-order valence-corrected chi connectivity index (χ1v) is 6.59. The van der Waals surface area contributed by atoms with Crippen LogP contribution in [0.4, 0.5) is 0 Å². The number of nitrogens with zero attached hydrogens (tertiary/aromatic N) is 2. The average Bonchev–Trinajstić information content (AvgIpc) is 2.76. The number of hydrogen-bond acceptors (Lipinski definition) is 3. The molecule has 0 aromatic carbocycles. The second-order valence-electron chi connectivity index (χ2n) is 5.01. The van der Waals surface area contributed by atoms with Gasteiger partial charge in [-0.2, -0.15) is 5.10 Å². The van der Waals surface area contributed by atoms with Gasteiger partial charge in [-0.25, -0.2) is 0 Å². The van der Waals surface area contributed by atoms with Gasteiger partial charge in [0.05, 0.1) is 18.0 Å². The minimum absolute atomic E-state index is 0.394. The third-order valence-electron chi connectivity index (χ3n) is 3.35. The Morgan fingerprint density at radius 2 is 2.18 bits per heavy atom. The Labute approximate surface area is 103 Å². The molecule has 17 heavy (non-hydrogen) atoms. The minimum atomic E-state index is -0.620. The number of hydrogen-bond donors (Lipinski definition) is 1. The van der Waals surface area contributed by atoms with Crippen molar-refractivity contribution in [3.63, 3.8) is 0 Å². The standard InChI is InChI=1S/C13H22N2O2/c1-2-8-15-10-12(9-14-15)17-11-13(16)6-4-3-5-7-13/h9-10,16H,2-8,11H2,1H3. The molecule has 1 aliphatic carbocycles. The van der Waals surface area contributed by atoms with Gasteiger partial charge < -0.3 is 9.84 Å². The molecule has 0 amide bonds. The Bertz CT molecular complexity index is 343. The van der Waals surface area contributed by atoms with Crippen molar-refractivity contribution in [2.45, 2.75) is 57.6 Å². The molecule has 1 N–H and O–H groups in total. The van der Waals surface area contributed by atoms with E-state index in [9.17, 15) is 5.11 Å². The van der Waals surface area contributed by atoms with Crippen molar-refractivity contribution in [2.75, 3.05) is 6.61 Å². The summed E-state index contributed by atoms with van der Waals surface area (Å²) in [6.45, 7) is 3.42. The molecule has 0 aliphatic heterocycles. The normalized spacial score (nSPS) is 19.2. The fourth-order valence-electron chi connectivity index (χ4n) is 2.34. The number of ether oxygens (including phenoxy) is 1. The zero-order valence-corrected chi connectivity index (χ0v) is 10.6. The van der Waals surface area contributed by atoms with E-state index in [-0.39, 0.29) is 0 Å². The minimum Gasteiger partial charge on any atom is -0.487 e. The van der Waals surface area contributed by atoms with E-state index in [0.717, 1.165) is 44.4 Å². The first-order valence-electron chi connectivity index (χ1n) is 6.59. The van der Waals surface area contributed by atoms with Crippen LogP contribution in [0.25, 0.3) is 0 Å². The Morgan fingerprint density at radius 1 is 1.41 bits per heavy atom. The van der Waals surface area contributed by atoms with Gasteiger partial charge in [-0.3, -0.25) is 4.68 Å². The van der Waals surface area contributed by atoms with Gasteiger partial charge >= 0.3 is 0 Å². The van der Waals surface area contributed by atoms with Gasteiger partial charge in [-0.05, 0) is 19.3 Å². The summed E-state index contributed by atoms with van der Waals surface area (Å²) < 4.78 is 7.52. The molecule has 0 atom stereocenters. The molecule has 1 fully saturated rings. The third-order valence-corrected chi connectivity index (χ3v) is 3.35. The van der Waals surface area contributed by atoms with Crippen molar-refractivity contribution >= 4 is 0 Å². The molecular weight excluding hydrogens is 216 g/mol. The van der Waals surface area contributed by atoms with Crippen molar-refractivity contribution in [1.82, 2.24) is 9.78 Å². The van der Waals surface area contributed by atoms with Crippen LogP contribution in [0.5, 0.6) is 5.75 Å². The topological polar surface area (TPSA) is 47.3 Å². The Morgan fingerprint density at radius 3 is 2.88 bits per heavy atom. The maximum atomic E-state index is 10.3. The zero-order chi connectivity index (χ0) is 12.1. The van der Waals surface area contributed by atoms with Gasteiger partial charge in [0.25, 0.3) is 0 Å². The first-order chi connectivity index (χ1) is 8.22. The molecule has 1 aromatic rings. The fourth-order valence-corrected chi connectivity index (χ4v) is 2.34. The molecule has 96 valence electrons. The smallest absolute Gasteiger partial charge is 0.157 e. The summed E-state index contributed by atoms with van der Waals surface area (Å²) in [6, 6.07) is 0. The lowest BCUT2D eigenvalue weighted by Crippen LogP contribution is -2.37. The molecular formula is C13H22N2O2. The SMILES string of the molecule is CCCn1cc(OCC2(O)CCCCC2)cn1. The Balaban J connectivity index is 1.83. The monoisotopic (exact) mass is 238 g/mol. The van der Waals surface area contributed by atoms with Crippen molar-refractivity contribution in [2.24, 2.45) is 0 Å². The van der Waals surface area contributed by atoms with E-state index in [4.69, 9.17) is 4.74 Å². The molecule has 2 rings (SSSR count). The van der Waals surface area contributed by atoms with Crippen LogP contribution in [-0.4, -0.2) is 27.1 Å². The van der Waals surface area contributed by atoms with Gasteiger partial charge in [0.2, 0.25) is 0 Å². The number of aliphatic hydroxyl groups is 1. The van der Waals surface area contributed by atoms with Crippen molar-refractivity contribution in [1.29, 1.82) is 0 Å². The fraction of sp³-hybridized carbons (Fsp3) is 0.769. The highest BCUT2D eigenvalue weighted by atomic mass is 16.5. The third kappa shape index (κ3) is 3.46. The second-order valence-corrected chi connectivity index (χ2v) is 5.01. The summed E-state index contributed by atoms with van der Waals surface area (Å²) in [6.07, 6.45) is 9.84. The Kier molecular flexibility index (Phi) is 4.05. The lowest BCUT2D eigenvalue weighted by Gasteiger charge is -2.31. The predicted molar refractivity (Wildman–Crippen MR) is 66.0 cm³/mol. The molecule has 0 radical (unpaired) electrons. The van der Waals surface area contributed by atoms with E-state index in [1.807, 2.05) is 10.9 Å². The number of aromatic nitrogens is 2. The van der Waals surface area contributed by atoms with Crippen LogP contribution in [0.15, 0.2) is 12.4 Å². The average molecular weight is 238 g/mol. The summed E-state index contributed by atoms with van der Waals surface area (Å²) in [7, 11) is 0. The number of aryl methyl sites for hydroxylation is 1. The molecule has 0 spiro atoms. The van der Waals surface area contributed by atoms with Gasteiger partial charge in [0.15, 0.2) is 5.75 Å². The zero-order valence-electron chi connectivity index (χ0n) is 10.6. The highest BCUT2D eigenvalue weighted by Crippen LogP contribution is 2.28. The lowest BCUT2D eigenvalue weighted by atomic mass is 9.86. The largest absolute Gasteiger partial charge is 0.487 e. The van der Waals surface area contributed by atoms with E-state index in [1.165, 1.54) is 6.42 Å². The lowest BCUT2D eigenvalue weighted by molar-refractivity contribution is -0.0339. The van der Waals surface area contributed by atoms with Crippen molar-refractivity contribution in [3.05, 3.63) is 12.4 Å². The van der Waals surface area contributed by atoms with Gasteiger partial charge in [0.1, 0.15) is 6.61 Å². The van der Waals surface area contributed by atoms with E-state index in [2.05, 4.69) is 12.0 Å². The highest BCUT2D eigenvalue weighted by Gasteiger charge is 2.30. The van der Waals surface area contributed by atoms with Gasteiger partial charge in [-0.15, -0.1) is 0 Å². The van der Waals surface area contributed by atoms with E-state index in [0.29, 0.717) is 6.61 Å². The molecule has 0 saturated heterocycles. The van der Waals surface area contributed by atoms with E-state index < -0.39 is 5.60 Å². The second kappa shape index (κ2) is 5.54. The molecule has 4 heteroatoms. The predicted octanol–water partition coefficient (Wildman–Crippen LogP) is 2.37. The van der Waals surface area contributed by atoms with Crippen LogP contribution < -0.4 is 4.74 Å². The van der Waals surface area contributed by atoms with Crippen molar-refractivity contribution < 1.29 is 9.84 Å². The van der Waals surface area contributed by atoms with E-state index >= 15 is 0 Å². The number of rotatable bonds is 5. The molecule has 1 saturated carbocycles. The summed E-state index contributed by atoms with van der Waals surface area (Å²) in [5.41, 5.74) is -0.620. The van der Waals surface area contributed by atoms with Crippen LogP contribution in [-0.2, 0) is 6.54 Å². The van der Waals surface area contributed by atoms with Crippen LogP contribution in [0.1, 0.15) is 45.4 Å². The van der Waals surface area contributed by atoms with Crippen molar-refractivity contribution in [3.8, 4) is 5.75 Å².